The number of aryl methyl sites for hydroxylation is 1. The minimum Gasteiger partial charge on any atom is -0.497 e. The molecule has 1 N–H and O–H groups in total. The number of methoxy groups -OCH3 is 1. The van der Waals surface area contributed by atoms with Gasteiger partial charge >= 0.3 is 6.03 Å². The van der Waals surface area contributed by atoms with Crippen molar-refractivity contribution in [2.24, 2.45) is 0 Å². The Kier molecular flexibility index (Phi) is 5.67. The number of rotatable bonds is 5. The van der Waals surface area contributed by atoms with E-state index in [-0.39, 0.29) is 12.5 Å². The van der Waals surface area contributed by atoms with Crippen LogP contribution in [0.3, 0.4) is 0 Å². The number of carbonyl (C=O) groups is 3. The second-order valence-corrected chi connectivity index (χ2v) is 8.87. The van der Waals surface area contributed by atoms with Crippen molar-refractivity contribution in [3.63, 3.8) is 0 Å². The Morgan fingerprint density at radius 2 is 1.88 bits per heavy atom. The van der Waals surface area contributed by atoms with Crippen LogP contribution in [0, 0.1) is 0 Å². The molecule has 7 nitrogen and oxygen atoms in total. The fraction of sp³-hybridized carbons (Fsp3) is 0.400. The first-order chi connectivity index (χ1) is 15.2. The summed E-state index contributed by atoms with van der Waals surface area (Å²) < 4.78 is 5.29. The van der Waals surface area contributed by atoms with Gasteiger partial charge in [0.2, 0.25) is 5.91 Å². The maximum Gasteiger partial charge on any atom is 0.325 e. The summed E-state index contributed by atoms with van der Waals surface area (Å²) in [5, 5.41) is 2.79. The van der Waals surface area contributed by atoms with Crippen molar-refractivity contribution in [3.8, 4) is 5.75 Å². The van der Waals surface area contributed by atoms with E-state index in [1.807, 2.05) is 42.5 Å². The molecule has 2 aliphatic heterocycles. The Labute approximate surface area is 188 Å². The number of amides is 4. The molecule has 0 aliphatic carbocycles. The quantitative estimate of drug-likeness (QED) is 0.729. The van der Waals surface area contributed by atoms with E-state index in [1.54, 1.807) is 18.9 Å². The highest BCUT2D eigenvalue weighted by Gasteiger charge is 2.49. The van der Waals surface area contributed by atoms with Crippen molar-refractivity contribution < 1.29 is 19.1 Å². The minimum absolute atomic E-state index is 0.279. The highest BCUT2D eigenvalue weighted by molar-refractivity contribution is 6.10. The van der Waals surface area contributed by atoms with Crippen LogP contribution in [0.4, 0.5) is 10.5 Å². The molecule has 1 unspecified atom stereocenters. The van der Waals surface area contributed by atoms with Crippen molar-refractivity contribution in [1.82, 2.24) is 10.2 Å². The third-order valence-electron chi connectivity index (χ3n) is 6.43. The van der Waals surface area contributed by atoms with E-state index in [9.17, 15) is 14.4 Å². The van der Waals surface area contributed by atoms with E-state index in [4.69, 9.17) is 4.74 Å². The number of anilines is 1. The Morgan fingerprint density at radius 3 is 2.53 bits per heavy atom. The van der Waals surface area contributed by atoms with Crippen LogP contribution in [-0.4, -0.2) is 42.9 Å². The summed E-state index contributed by atoms with van der Waals surface area (Å²) in [6, 6.07) is 12.7. The normalized spacial score (nSPS) is 20.4. The zero-order chi connectivity index (χ0) is 23.0. The van der Waals surface area contributed by atoms with Crippen LogP contribution in [-0.2, 0) is 21.5 Å². The predicted octanol–water partition coefficient (Wildman–Crippen LogP) is 3.57. The molecule has 1 atom stereocenters. The first kappa shape index (κ1) is 21.9. The monoisotopic (exact) mass is 435 g/mol. The molecule has 2 aromatic rings. The number of hydrogen-bond donors (Lipinski definition) is 1. The van der Waals surface area contributed by atoms with Gasteiger partial charge in [0.15, 0.2) is 0 Å². The Bertz CT molecular complexity index is 1060. The number of fused-ring (bicyclic) bond motifs is 1. The standard InChI is InChI=1S/C25H29N3O4/c1-16(2)17-7-9-19(10-8-17)25(3)23(30)28(24(31)26-25)15-22(29)27-13-5-6-18-14-20(32-4)11-12-21(18)27/h7-12,14,16H,5-6,13,15H2,1-4H3,(H,26,31). The van der Waals surface area contributed by atoms with Crippen molar-refractivity contribution in [3.05, 3.63) is 59.2 Å². The molecule has 0 bridgehead atoms. The van der Waals surface area contributed by atoms with Gasteiger partial charge in [-0.15, -0.1) is 0 Å². The topological polar surface area (TPSA) is 79.0 Å². The van der Waals surface area contributed by atoms with Gasteiger partial charge in [0.1, 0.15) is 17.8 Å². The van der Waals surface area contributed by atoms with Crippen LogP contribution < -0.4 is 15.0 Å². The van der Waals surface area contributed by atoms with Gasteiger partial charge in [0, 0.05) is 12.2 Å². The predicted molar refractivity (Wildman–Crippen MR) is 122 cm³/mol. The zero-order valence-electron chi connectivity index (χ0n) is 19.0. The van der Waals surface area contributed by atoms with Gasteiger partial charge in [-0.2, -0.15) is 0 Å². The van der Waals surface area contributed by atoms with E-state index in [0.717, 1.165) is 40.3 Å². The third-order valence-corrected chi connectivity index (χ3v) is 6.43. The molecule has 0 aromatic heterocycles. The maximum atomic E-state index is 13.3. The van der Waals surface area contributed by atoms with Gasteiger partial charge in [0.05, 0.1) is 7.11 Å². The van der Waals surface area contributed by atoms with Crippen molar-refractivity contribution in [2.45, 2.75) is 45.1 Å². The average molecular weight is 436 g/mol. The highest BCUT2D eigenvalue weighted by Crippen LogP contribution is 2.32. The van der Waals surface area contributed by atoms with Gasteiger partial charge in [-0.1, -0.05) is 38.1 Å². The molecule has 168 valence electrons. The maximum absolute atomic E-state index is 13.3. The summed E-state index contributed by atoms with van der Waals surface area (Å²) in [5.41, 5.74) is 2.49. The zero-order valence-corrected chi connectivity index (χ0v) is 19.0. The number of nitrogens with one attached hydrogen (secondary N) is 1. The van der Waals surface area contributed by atoms with Gasteiger partial charge < -0.3 is 15.0 Å². The molecule has 2 heterocycles. The van der Waals surface area contributed by atoms with E-state index in [0.29, 0.717) is 18.0 Å². The van der Waals surface area contributed by atoms with Crippen LogP contribution in [0.1, 0.15) is 49.8 Å². The van der Waals surface area contributed by atoms with Crippen LogP contribution in [0.15, 0.2) is 42.5 Å². The lowest BCUT2D eigenvalue weighted by molar-refractivity contribution is -0.134. The Morgan fingerprint density at radius 1 is 1.16 bits per heavy atom. The minimum atomic E-state index is -1.19. The lowest BCUT2D eigenvalue weighted by atomic mass is 9.90. The molecule has 4 amide bonds. The molecule has 4 rings (SSSR count). The van der Waals surface area contributed by atoms with E-state index >= 15 is 0 Å². The smallest absolute Gasteiger partial charge is 0.325 e. The lowest BCUT2D eigenvalue weighted by Crippen LogP contribution is -2.46. The van der Waals surface area contributed by atoms with E-state index in [1.165, 1.54) is 0 Å². The number of nitrogens with zero attached hydrogens (tertiary/aromatic N) is 2. The molecule has 0 spiro atoms. The average Bonchev–Trinajstić information content (AvgIpc) is 3.02. The molecule has 0 saturated carbocycles. The molecule has 32 heavy (non-hydrogen) atoms. The largest absolute Gasteiger partial charge is 0.497 e. The van der Waals surface area contributed by atoms with Crippen molar-refractivity contribution in [1.29, 1.82) is 0 Å². The molecule has 1 fully saturated rings. The molecular formula is C25H29N3O4. The lowest BCUT2D eigenvalue weighted by Gasteiger charge is -2.31. The number of benzene rings is 2. The van der Waals surface area contributed by atoms with E-state index in [2.05, 4.69) is 19.2 Å². The SMILES string of the molecule is COc1ccc2c(c1)CCCN2C(=O)CN1C(=O)NC(C)(c2ccc(C(C)C)cc2)C1=O. The Balaban J connectivity index is 1.54. The molecule has 0 radical (unpaired) electrons. The highest BCUT2D eigenvalue weighted by atomic mass is 16.5. The molecule has 2 aliphatic rings. The number of carbonyl (C=O) groups excluding carboxylic acids is 3. The van der Waals surface area contributed by atoms with Crippen LogP contribution in [0.25, 0.3) is 0 Å². The first-order valence-electron chi connectivity index (χ1n) is 11.0. The summed E-state index contributed by atoms with van der Waals surface area (Å²) >= 11 is 0. The van der Waals surface area contributed by atoms with E-state index < -0.39 is 17.5 Å². The summed E-state index contributed by atoms with van der Waals surface area (Å²) in [6.45, 7) is 6.14. The number of imide groups is 1. The first-order valence-corrected chi connectivity index (χ1v) is 11.0. The summed E-state index contributed by atoms with van der Waals surface area (Å²) in [4.78, 5) is 41.8. The molecule has 1 saturated heterocycles. The third kappa shape index (κ3) is 3.72. The van der Waals surface area contributed by atoms with Crippen molar-refractivity contribution >= 4 is 23.5 Å². The summed E-state index contributed by atoms with van der Waals surface area (Å²) in [5.74, 6) is 0.415. The Hall–Kier alpha value is -3.35. The van der Waals surface area contributed by atoms with Crippen molar-refractivity contribution in [2.75, 3.05) is 25.1 Å². The van der Waals surface area contributed by atoms with Gasteiger partial charge in [-0.3, -0.25) is 14.5 Å². The van der Waals surface area contributed by atoms with Gasteiger partial charge in [-0.25, -0.2) is 4.79 Å². The number of ether oxygens (including phenoxy) is 1. The summed E-state index contributed by atoms with van der Waals surface area (Å²) in [6.07, 6.45) is 1.66. The number of hydrogen-bond acceptors (Lipinski definition) is 4. The summed E-state index contributed by atoms with van der Waals surface area (Å²) in [7, 11) is 1.61. The molecular weight excluding hydrogens is 406 g/mol. The second kappa shape index (κ2) is 8.30. The fourth-order valence-electron chi connectivity index (χ4n) is 4.42. The number of urea groups is 1. The van der Waals surface area contributed by atoms with Gasteiger partial charge in [-0.05, 0) is 60.6 Å². The van der Waals surface area contributed by atoms with Crippen LogP contribution >= 0.6 is 0 Å². The fourth-order valence-corrected chi connectivity index (χ4v) is 4.42. The molecule has 2 aromatic carbocycles. The van der Waals surface area contributed by atoms with Crippen LogP contribution in [0.5, 0.6) is 5.75 Å². The van der Waals surface area contributed by atoms with Gasteiger partial charge in [0.25, 0.3) is 5.91 Å². The van der Waals surface area contributed by atoms with Crippen LogP contribution in [0.2, 0.25) is 0 Å². The molecule has 7 heteroatoms. The second-order valence-electron chi connectivity index (χ2n) is 8.87.